The van der Waals surface area contributed by atoms with E-state index in [1.54, 1.807) is 0 Å². The summed E-state index contributed by atoms with van der Waals surface area (Å²) in [6, 6.07) is 7.94. The van der Waals surface area contributed by atoms with Crippen molar-refractivity contribution >= 4 is 17.5 Å². The molecule has 1 aliphatic heterocycles. The molecule has 1 saturated heterocycles. The molecule has 1 aromatic carbocycles. The van der Waals surface area contributed by atoms with Gasteiger partial charge >= 0.3 is 0 Å². The lowest BCUT2D eigenvalue weighted by Gasteiger charge is -2.38. The summed E-state index contributed by atoms with van der Waals surface area (Å²) in [7, 11) is 0. The summed E-state index contributed by atoms with van der Waals surface area (Å²) >= 11 is 6.04. The van der Waals surface area contributed by atoms with Gasteiger partial charge in [0.15, 0.2) is 0 Å². The molecule has 2 rings (SSSR count). The summed E-state index contributed by atoms with van der Waals surface area (Å²) in [5, 5.41) is 3.85. The second kappa shape index (κ2) is 7.65. The van der Waals surface area contributed by atoms with Gasteiger partial charge in [0.2, 0.25) is 5.91 Å². The maximum atomic E-state index is 12.3. The van der Waals surface area contributed by atoms with Gasteiger partial charge in [-0.3, -0.25) is 14.6 Å². The fraction of sp³-hybridized carbons (Fsp3) is 0.611. The number of rotatable bonds is 4. The minimum atomic E-state index is -0.181. The Labute approximate surface area is 144 Å². The lowest BCUT2D eigenvalue weighted by atomic mass is 10.1. The summed E-state index contributed by atoms with van der Waals surface area (Å²) in [4.78, 5) is 17.0. The van der Waals surface area contributed by atoms with E-state index < -0.39 is 0 Å². The smallest absolute Gasteiger partial charge is 0.237 e. The van der Waals surface area contributed by atoms with Crippen LogP contribution in [0.25, 0.3) is 0 Å². The van der Waals surface area contributed by atoms with E-state index in [1.165, 1.54) is 5.56 Å². The van der Waals surface area contributed by atoms with Crippen molar-refractivity contribution in [2.24, 2.45) is 0 Å². The molecule has 1 heterocycles. The zero-order valence-corrected chi connectivity index (χ0v) is 15.4. The summed E-state index contributed by atoms with van der Waals surface area (Å²) in [6.07, 6.45) is 0. The molecule has 1 N–H and O–H groups in total. The normalized spacial score (nSPS) is 18.7. The number of nitrogens with zero attached hydrogens (tertiary/aromatic N) is 2. The number of carbonyl (C=O) groups is 1. The van der Waals surface area contributed by atoms with Crippen LogP contribution in [0.2, 0.25) is 5.02 Å². The fourth-order valence-electron chi connectivity index (χ4n) is 2.84. The maximum Gasteiger partial charge on any atom is 0.237 e. The topological polar surface area (TPSA) is 35.6 Å². The fourth-order valence-corrected chi connectivity index (χ4v) is 3.06. The zero-order chi connectivity index (χ0) is 17.0. The van der Waals surface area contributed by atoms with Gasteiger partial charge in [0.25, 0.3) is 0 Å². The van der Waals surface area contributed by atoms with Crippen LogP contribution in [0.15, 0.2) is 24.3 Å². The number of benzene rings is 1. The summed E-state index contributed by atoms with van der Waals surface area (Å²) in [6.45, 7) is 12.7. The maximum absolute atomic E-state index is 12.3. The van der Waals surface area contributed by atoms with Gasteiger partial charge in [-0.25, -0.2) is 0 Å². The lowest BCUT2D eigenvalue weighted by Crippen LogP contribution is -2.56. The van der Waals surface area contributed by atoms with Gasteiger partial charge in [-0.1, -0.05) is 23.7 Å². The molecule has 1 aliphatic rings. The van der Waals surface area contributed by atoms with Gasteiger partial charge in [-0.2, -0.15) is 0 Å². The molecule has 1 fully saturated rings. The Hall–Kier alpha value is -1.10. The van der Waals surface area contributed by atoms with Crippen molar-refractivity contribution in [3.63, 3.8) is 0 Å². The first-order chi connectivity index (χ1) is 10.7. The van der Waals surface area contributed by atoms with Crippen LogP contribution in [-0.4, -0.2) is 53.5 Å². The highest BCUT2D eigenvalue weighted by Crippen LogP contribution is 2.15. The number of amides is 1. The minimum absolute atomic E-state index is 0.0810. The van der Waals surface area contributed by atoms with Crippen LogP contribution in [-0.2, 0) is 11.3 Å². The van der Waals surface area contributed by atoms with E-state index in [9.17, 15) is 4.79 Å². The Morgan fingerprint density at radius 3 is 2.48 bits per heavy atom. The van der Waals surface area contributed by atoms with E-state index in [0.717, 1.165) is 37.7 Å². The number of hydrogen-bond donors (Lipinski definition) is 1. The molecular weight excluding hydrogens is 310 g/mol. The molecule has 23 heavy (non-hydrogen) atoms. The van der Waals surface area contributed by atoms with Crippen molar-refractivity contribution in [1.29, 1.82) is 0 Å². The summed E-state index contributed by atoms with van der Waals surface area (Å²) in [5.41, 5.74) is 1.06. The highest BCUT2D eigenvalue weighted by molar-refractivity contribution is 6.30. The van der Waals surface area contributed by atoms with E-state index in [1.807, 2.05) is 45.9 Å². The Balaban J connectivity index is 1.82. The summed E-state index contributed by atoms with van der Waals surface area (Å²) < 4.78 is 0. The van der Waals surface area contributed by atoms with Crippen LogP contribution in [0.4, 0.5) is 0 Å². The molecule has 1 amide bonds. The Kier molecular flexibility index (Phi) is 6.06. The van der Waals surface area contributed by atoms with Crippen LogP contribution < -0.4 is 5.32 Å². The molecule has 0 saturated carbocycles. The van der Waals surface area contributed by atoms with Gasteiger partial charge in [0, 0.05) is 43.3 Å². The second-order valence-corrected chi connectivity index (χ2v) is 7.79. The highest BCUT2D eigenvalue weighted by atomic mass is 35.5. The minimum Gasteiger partial charge on any atom is -0.350 e. The first-order valence-corrected chi connectivity index (χ1v) is 8.65. The van der Waals surface area contributed by atoms with Gasteiger partial charge in [0.05, 0.1) is 6.04 Å². The van der Waals surface area contributed by atoms with Crippen LogP contribution in [0, 0.1) is 0 Å². The monoisotopic (exact) mass is 337 g/mol. The molecule has 0 bridgehead atoms. The van der Waals surface area contributed by atoms with Gasteiger partial charge < -0.3 is 5.32 Å². The van der Waals surface area contributed by atoms with Crippen molar-refractivity contribution < 1.29 is 4.79 Å². The third kappa shape index (κ3) is 5.79. The molecule has 0 aliphatic carbocycles. The molecule has 0 radical (unpaired) electrons. The Bertz CT molecular complexity index is 533. The number of carbonyl (C=O) groups excluding carboxylic acids is 1. The van der Waals surface area contributed by atoms with Crippen molar-refractivity contribution in [2.75, 3.05) is 26.2 Å². The van der Waals surface area contributed by atoms with Gasteiger partial charge in [-0.05, 0) is 45.4 Å². The highest BCUT2D eigenvalue weighted by Gasteiger charge is 2.27. The number of hydrogen-bond acceptors (Lipinski definition) is 3. The SMILES string of the molecule is CC(C(=O)NC(C)(C)C)N1CCN(Cc2cccc(Cl)c2)CC1. The van der Waals surface area contributed by atoms with Crippen molar-refractivity contribution in [3.8, 4) is 0 Å². The van der Waals surface area contributed by atoms with E-state index >= 15 is 0 Å². The lowest BCUT2D eigenvalue weighted by molar-refractivity contribution is -0.128. The van der Waals surface area contributed by atoms with E-state index in [-0.39, 0.29) is 17.5 Å². The molecule has 1 atom stereocenters. The third-order valence-electron chi connectivity index (χ3n) is 4.13. The van der Waals surface area contributed by atoms with E-state index in [0.29, 0.717) is 0 Å². The molecule has 4 nitrogen and oxygen atoms in total. The Morgan fingerprint density at radius 1 is 1.26 bits per heavy atom. The van der Waals surface area contributed by atoms with Crippen LogP contribution in [0.5, 0.6) is 0 Å². The standard InChI is InChI=1S/C18H28ClN3O/c1-14(17(23)20-18(2,3)4)22-10-8-21(9-11-22)13-15-6-5-7-16(19)12-15/h5-7,12,14H,8-11,13H2,1-4H3,(H,20,23). The van der Waals surface area contributed by atoms with Crippen LogP contribution in [0.3, 0.4) is 0 Å². The van der Waals surface area contributed by atoms with Gasteiger partial charge in [0.1, 0.15) is 0 Å². The van der Waals surface area contributed by atoms with E-state index in [4.69, 9.17) is 11.6 Å². The average Bonchev–Trinajstić information content (AvgIpc) is 2.45. The number of nitrogens with one attached hydrogen (secondary N) is 1. The van der Waals surface area contributed by atoms with E-state index in [2.05, 4.69) is 21.2 Å². The largest absolute Gasteiger partial charge is 0.350 e. The molecule has 1 aromatic rings. The van der Waals surface area contributed by atoms with Crippen LogP contribution in [0.1, 0.15) is 33.3 Å². The second-order valence-electron chi connectivity index (χ2n) is 7.36. The summed E-state index contributed by atoms with van der Waals surface area (Å²) in [5.74, 6) is 0.112. The quantitative estimate of drug-likeness (QED) is 0.917. The number of piperazine rings is 1. The average molecular weight is 338 g/mol. The molecule has 5 heteroatoms. The van der Waals surface area contributed by atoms with Crippen molar-refractivity contribution in [2.45, 2.75) is 45.8 Å². The van der Waals surface area contributed by atoms with Gasteiger partial charge in [-0.15, -0.1) is 0 Å². The van der Waals surface area contributed by atoms with Crippen molar-refractivity contribution in [3.05, 3.63) is 34.9 Å². The first-order valence-electron chi connectivity index (χ1n) is 8.27. The first kappa shape index (κ1) is 18.2. The van der Waals surface area contributed by atoms with Crippen LogP contribution >= 0.6 is 11.6 Å². The predicted molar refractivity (Wildman–Crippen MR) is 95.7 cm³/mol. The zero-order valence-electron chi connectivity index (χ0n) is 14.6. The molecule has 0 aromatic heterocycles. The third-order valence-corrected chi connectivity index (χ3v) is 4.36. The predicted octanol–water partition coefficient (Wildman–Crippen LogP) is 2.76. The molecule has 0 spiro atoms. The molecular formula is C18H28ClN3O. The molecule has 128 valence electrons. The number of halogens is 1. The molecule has 1 unspecified atom stereocenters. The van der Waals surface area contributed by atoms with Crippen molar-refractivity contribution in [1.82, 2.24) is 15.1 Å². The Morgan fingerprint density at radius 2 is 1.91 bits per heavy atom.